The second kappa shape index (κ2) is 5.83. The Hall–Kier alpha value is -2.21. The van der Waals surface area contributed by atoms with Gasteiger partial charge >= 0.3 is 5.97 Å². The van der Waals surface area contributed by atoms with E-state index in [9.17, 15) is 20.3 Å². The Bertz CT molecular complexity index is 571. The van der Waals surface area contributed by atoms with Crippen molar-refractivity contribution in [3.63, 3.8) is 0 Å². The first-order valence-electron chi connectivity index (χ1n) is 6.08. The summed E-state index contributed by atoms with van der Waals surface area (Å²) in [5.74, 6) is -1.34. The minimum Gasteiger partial charge on any atom is -0.479 e. The summed E-state index contributed by atoms with van der Waals surface area (Å²) in [6.07, 6.45) is -0.0693. The number of benzene rings is 2. The Morgan fingerprint density at radius 2 is 1.45 bits per heavy atom. The van der Waals surface area contributed by atoms with Gasteiger partial charge in [0.05, 0.1) is 0 Å². The van der Waals surface area contributed by atoms with Crippen LogP contribution in [0, 0.1) is 0 Å². The van der Waals surface area contributed by atoms with Gasteiger partial charge in [-0.2, -0.15) is 0 Å². The molecule has 0 aromatic heterocycles. The molecule has 0 radical (unpaired) electrons. The van der Waals surface area contributed by atoms with E-state index in [-0.39, 0.29) is 11.6 Å². The molecular weight excluding hydrogens is 258 g/mol. The van der Waals surface area contributed by atoms with E-state index < -0.39 is 11.5 Å². The summed E-state index contributed by atoms with van der Waals surface area (Å²) in [5, 5.41) is 28.4. The molecule has 0 saturated heterocycles. The lowest BCUT2D eigenvalue weighted by atomic mass is 9.84. The molecule has 0 aliphatic carbocycles. The number of hydrogen-bond acceptors (Lipinski definition) is 4. The van der Waals surface area contributed by atoms with Crippen molar-refractivity contribution in [2.24, 2.45) is 0 Å². The summed E-state index contributed by atoms with van der Waals surface area (Å²) >= 11 is 0. The lowest BCUT2D eigenvalue weighted by Crippen LogP contribution is -2.50. The zero-order valence-corrected chi connectivity index (χ0v) is 10.7. The van der Waals surface area contributed by atoms with Gasteiger partial charge in [-0.3, -0.25) is 10.4 Å². The number of nitrogens with zero attached hydrogens (tertiary/aromatic N) is 1. The molecule has 0 aliphatic rings. The second-order valence-corrected chi connectivity index (χ2v) is 4.48. The molecule has 2 rings (SSSR count). The highest BCUT2D eigenvalue weighted by atomic mass is 16.8. The van der Waals surface area contributed by atoms with Gasteiger partial charge in [0, 0.05) is 6.42 Å². The maximum absolute atomic E-state index is 11.7. The summed E-state index contributed by atoms with van der Waals surface area (Å²) in [7, 11) is 0. The summed E-state index contributed by atoms with van der Waals surface area (Å²) in [4.78, 5) is 11.7. The van der Waals surface area contributed by atoms with E-state index in [0.717, 1.165) is 0 Å². The fourth-order valence-corrected chi connectivity index (χ4v) is 2.18. The quantitative estimate of drug-likeness (QED) is 0.728. The molecule has 5 heteroatoms. The van der Waals surface area contributed by atoms with Gasteiger partial charge in [0.2, 0.25) is 0 Å². The molecule has 1 atom stereocenters. The number of carboxylic acids is 1. The van der Waals surface area contributed by atoms with E-state index >= 15 is 0 Å². The number of hydroxylamine groups is 2. The van der Waals surface area contributed by atoms with E-state index in [2.05, 4.69) is 0 Å². The molecule has 0 aliphatic heterocycles. The molecule has 5 nitrogen and oxygen atoms in total. The largest absolute Gasteiger partial charge is 0.479 e. The first-order chi connectivity index (χ1) is 9.57. The maximum atomic E-state index is 11.7. The Labute approximate surface area is 116 Å². The predicted molar refractivity (Wildman–Crippen MR) is 71.3 cm³/mol. The van der Waals surface area contributed by atoms with Crippen molar-refractivity contribution in [1.82, 2.24) is 5.23 Å². The van der Waals surface area contributed by atoms with Gasteiger partial charge in [0.25, 0.3) is 0 Å². The fourth-order valence-electron chi connectivity index (χ4n) is 2.18. The summed E-state index contributed by atoms with van der Waals surface area (Å²) in [5.41, 5.74) is -0.962. The Kier molecular flexibility index (Phi) is 4.14. The van der Waals surface area contributed by atoms with Crippen LogP contribution in [0.1, 0.15) is 11.1 Å². The maximum Gasteiger partial charge on any atom is 0.334 e. The van der Waals surface area contributed by atoms with Gasteiger partial charge in [0.15, 0.2) is 5.54 Å². The summed E-state index contributed by atoms with van der Waals surface area (Å²) in [6.45, 7) is 0. The smallest absolute Gasteiger partial charge is 0.334 e. The molecule has 0 unspecified atom stereocenters. The minimum absolute atomic E-state index is 0.0693. The van der Waals surface area contributed by atoms with Crippen LogP contribution in [-0.4, -0.2) is 26.7 Å². The molecule has 2 aromatic rings. The normalized spacial score (nSPS) is 13.9. The van der Waals surface area contributed by atoms with Crippen molar-refractivity contribution in [3.05, 3.63) is 71.8 Å². The molecule has 0 spiro atoms. The van der Waals surface area contributed by atoms with Crippen LogP contribution in [0.25, 0.3) is 0 Å². The Morgan fingerprint density at radius 3 is 1.90 bits per heavy atom. The van der Waals surface area contributed by atoms with E-state index in [1.54, 1.807) is 54.6 Å². The van der Waals surface area contributed by atoms with Crippen LogP contribution in [0.15, 0.2) is 60.7 Å². The Morgan fingerprint density at radius 1 is 0.950 bits per heavy atom. The summed E-state index contributed by atoms with van der Waals surface area (Å²) in [6, 6.07) is 17.0. The molecule has 2 aromatic carbocycles. The van der Waals surface area contributed by atoms with E-state index in [4.69, 9.17) is 0 Å². The van der Waals surface area contributed by atoms with Gasteiger partial charge in [0.1, 0.15) is 0 Å². The van der Waals surface area contributed by atoms with E-state index in [1.807, 2.05) is 6.07 Å². The lowest BCUT2D eigenvalue weighted by molar-refractivity contribution is -0.361. The van der Waals surface area contributed by atoms with Crippen LogP contribution < -0.4 is 0 Å². The van der Waals surface area contributed by atoms with E-state index in [0.29, 0.717) is 11.1 Å². The van der Waals surface area contributed by atoms with Crippen LogP contribution in [0.2, 0.25) is 0 Å². The van der Waals surface area contributed by atoms with Crippen molar-refractivity contribution in [2.75, 3.05) is 0 Å². The van der Waals surface area contributed by atoms with Gasteiger partial charge in [-0.1, -0.05) is 60.7 Å². The highest BCUT2D eigenvalue weighted by molar-refractivity contribution is 5.81. The molecular formula is C15H15NO4. The molecule has 3 N–H and O–H groups in total. The minimum atomic E-state index is -1.94. The predicted octanol–water partition coefficient (Wildman–Crippen LogP) is 2.29. The van der Waals surface area contributed by atoms with Crippen molar-refractivity contribution < 1.29 is 20.3 Å². The first kappa shape index (κ1) is 14.2. The average Bonchev–Trinajstić information content (AvgIpc) is 2.46. The van der Waals surface area contributed by atoms with Crippen molar-refractivity contribution in [1.29, 1.82) is 0 Å². The third-order valence-electron chi connectivity index (χ3n) is 3.25. The molecule has 0 saturated carbocycles. The topological polar surface area (TPSA) is 81.0 Å². The SMILES string of the molecule is O=C(O)[C@@](Cc1ccccc1)(c1ccccc1)N(O)O. The lowest BCUT2D eigenvalue weighted by Gasteiger charge is -2.32. The van der Waals surface area contributed by atoms with Crippen LogP contribution in [0.4, 0.5) is 0 Å². The highest BCUT2D eigenvalue weighted by Gasteiger charge is 2.46. The van der Waals surface area contributed by atoms with Crippen LogP contribution >= 0.6 is 0 Å². The molecule has 20 heavy (non-hydrogen) atoms. The molecule has 0 bridgehead atoms. The molecule has 104 valence electrons. The van der Waals surface area contributed by atoms with Gasteiger partial charge in [-0.25, -0.2) is 4.79 Å². The number of carboxylic acid groups (broad SMARTS) is 1. The monoisotopic (exact) mass is 273 g/mol. The third kappa shape index (κ3) is 2.55. The van der Waals surface area contributed by atoms with E-state index in [1.165, 1.54) is 0 Å². The standard InChI is InChI=1S/C15H15NO4/c17-14(18)15(16(19)20,13-9-5-2-6-10-13)11-12-7-3-1-4-8-12/h1-10,19-20H,11H2,(H,17,18)/t15-/m1/s1. The highest BCUT2D eigenvalue weighted by Crippen LogP contribution is 2.31. The zero-order valence-electron chi connectivity index (χ0n) is 10.7. The van der Waals surface area contributed by atoms with Gasteiger partial charge in [-0.15, -0.1) is 0 Å². The number of aliphatic carboxylic acids is 1. The number of carbonyl (C=O) groups is 1. The zero-order chi connectivity index (χ0) is 14.6. The fraction of sp³-hybridized carbons (Fsp3) is 0.133. The number of hydrogen-bond donors (Lipinski definition) is 3. The first-order valence-corrected chi connectivity index (χ1v) is 6.08. The molecule has 0 fully saturated rings. The second-order valence-electron chi connectivity index (χ2n) is 4.48. The molecule has 0 amide bonds. The third-order valence-corrected chi connectivity index (χ3v) is 3.25. The molecule has 0 heterocycles. The van der Waals surface area contributed by atoms with Gasteiger partial charge in [-0.05, 0) is 16.4 Å². The van der Waals surface area contributed by atoms with Crippen molar-refractivity contribution >= 4 is 5.97 Å². The van der Waals surface area contributed by atoms with Crippen LogP contribution in [0.5, 0.6) is 0 Å². The van der Waals surface area contributed by atoms with Crippen molar-refractivity contribution in [2.45, 2.75) is 12.0 Å². The average molecular weight is 273 g/mol. The number of rotatable bonds is 5. The summed E-state index contributed by atoms with van der Waals surface area (Å²) < 4.78 is 0. The van der Waals surface area contributed by atoms with Crippen LogP contribution in [0.3, 0.4) is 0 Å². The van der Waals surface area contributed by atoms with Gasteiger partial charge < -0.3 is 5.11 Å². The van der Waals surface area contributed by atoms with Crippen molar-refractivity contribution in [3.8, 4) is 0 Å². The van der Waals surface area contributed by atoms with Crippen LogP contribution in [-0.2, 0) is 16.8 Å². The Balaban J connectivity index is 2.52.